The number of carbonyl (C=O) groups is 1. The minimum atomic E-state index is -0.106. The third-order valence-corrected chi connectivity index (χ3v) is 4.61. The number of nitriles is 1. The molecule has 4 rings (SSSR count). The number of anilines is 3. The van der Waals surface area contributed by atoms with E-state index in [9.17, 15) is 10.1 Å². The summed E-state index contributed by atoms with van der Waals surface area (Å²) >= 11 is 0. The van der Waals surface area contributed by atoms with Crippen molar-refractivity contribution in [3.05, 3.63) is 65.2 Å². The molecule has 2 aromatic heterocycles. The Bertz CT molecular complexity index is 1260. The van der Waals surface area contributed by atoms with Crippen molar-refractivity contribution in [2.24, 2.45) is 0 Å². The highest BCUT2D eigenvalue weighted by molar-refractivity contribution is 5.89. The number of aromatic nitrogens is 2. The summed E-state index contributed by atoms with van der Waals surface area (Å²) in [6.07, 6.45) is 0. The Hall–Kier alpha value is -3.85. The average Bonchev–Trinajstić information content (AvgIpc) is 3.01. The van der Waals surface area contributed by atoms with E-state index in [-0.39, 0.29) is 5.91 Å². The molecular weight excluding hydrogens is 350 g/mol. The number of amides is 1. The van der Waals surface area contributed by atoms with Crippen LogP contribution >= 0.6 is 0 Å². The second-order valence-electron chi connectivity index (χ2n) is 6.85. The molecule has 2 aromatic carbocycles. The van der Waals surface area contributed by atoms with Gasteiger partial charge in [0.25, 0.3) is 0 Å². The van der Waals surface area contributed by atoms with Crippen LogP contribution < -0.4 is 10.6 Å². The molecule has 0 aliphatic rings. The normalized spacial score (nSPS) is 10.8. The van der Waals surface area contributed by atoms with Crippen LogP contribution in [-0.2, 0) is 4.79 Å². The highest BCUT2D eigenvalue weighted by atomic mass is 16.1. The quantitative estimate of drug-likeness (QED) is 0.549. The predicted molar refractivity (Wildman–Crippen MR) is 111 cm³/mol. The van der Waals surface area contributed by atoms with E-state index in [0.717, 1.165) is 39.4 Å². The van der Waals surface area contributed by atoms with Gasteiger partial charge in [-0.1, -0.05) is 6.07 Å². The molecule has 0 spiro atoms. The Morgan fingerprint density at radius 2 is 1.79 bits per heavy atom. The molecule has 0 aliphatic carbocycles. The van der Waals surface area contributed by atoms with Gasteiger partial charge >= 0.3 is 0 Å². The average molecular weight is 369 g/mol. The van der Waals surface area contributed by atoms with Gasteiger partial charge in [-0.25, -0.2) is 4.98 Å². The monoisotopic (exact) mass is 369 g/mol. The predicted octanol–water partition coefficient (Wildman–Crippen LogP) is 4.68. The number of pyridine rings is 1. The van der Waals surface area contributed by atoms with Crippen molar-refractivity contribution in [2.45, 2.75) is 20.8 Å². The molecule has 0 aliphatic heterocycles. The van der Waals surface area contributed by atoms with Crippen LogP contribution in [0.3, 0.4) is 0 Å². The number of hydrogen-bond acceptors (Lipinski definition) is 4. The van der Waals surface area contributed by atoms with E-state index < -0.39 is 0 Å². The van der Waals surface area contributed by atoms with Gasteiger partial charge in [-0.15, -0.1) is 0 Å². The van der Waals surface area contributed by atoms with E-state index in [1.165, 1.54) is 6.92 Å². The molecule has 0 saturated heterocycles. The molecule has 2 N–H and O–H groups in total. The Morgan fingerprint density at radius 1 is 1.07 bits per heavy atom. The zero-order chi connectivity index (χ0) is 19.8. The molecule has 6 heteroatoms. The first kappa shape index (κ1) is 17.6. The summed E-state index contributed by atoms with van der Waals surface area (Å²) in [7, 11) is 0. The van der Waals surface area contributed by atoms with Gasteiger partial charge in [0, 0.05) is 18.3 Å². The number of fused-ring (bicyclic) bond motifs is 3. The van der Waals surface area contributed by atoms with Crippen molar-refractivity contribution in [3.8, 4) is 6.07 Å². The zero-order valence-electron chi connectivity index (χ0n) is 15.9. The molecule has 1 amide bonds. The fourth-order valence-electron chi connectivity index (χ4n) is 3.34. The maximum atomic E-state index is 11.2. The molecule has 0 radical (unpaired) electrons. The molecule has 0 unspecified atom stereocenters. The van der Waals surface area contributed by atoms with E-state index in [1.54, 1.807) is 0 Å². The van der Waals surface area contributed by atoms with Gasteiger partial charge in [0.1, 0.15) is 11.9 Å². The van der Waals surface area contributed by atoms with Gasteiger partial charge in [0.2, 0.25) is 5.91 Å². The Balaban J connectivity index is 1.86. The van der Waals surface area contributed by atoms with E-state index in [4.69, 9.17) is 4.98 Å². The lowest BCUT2D eigenvalue weighted by molar-refractivity contribution is -0.114. The summed E-state index contributed by atoms with van der Waals surface area (Å²) in [6, 6.07) is 17.8. The van der Waals surface area contributed by atoms with Crippen LogP contribution in [0, 0.1) is 25.2 Å². The van der Waals surface area contributed by atoms with Crippen molar-refractivity contribution in [2.75, 3.05) is 10.6 Å². The molecule has 138 valence electrons. The molecule has 4 aromatic rings. The maximum Gasteiger partial charge on any atom is 0.221 e. The van der Waals surface area contributed by atoms with Gasteiger partial charge in [-0.3, -0.25) is 9.20 Å². The first-order chi connectivity index (χ1) is 13.5. The molecule has 0 fully saturated rings. The van der Waals surface area contributed by atoms with Crippen molar-refractivity contribution in [1.29, 1.82) is 5.26 Å². The van der Waals surface area contributed by atoms with Crippen LogP contribution in [0.1, 0.15) is 23.6 Å². The summed E-state index contributed by atoms with van der Waals surface area (Å²) in [5.74, 6) is 0.718. The van der Waals surface area contributed by atoms with Gasteiger partial charge < -0.3 is 10.6 Å². The van der Waals surface area contributed by atoms with Crippen LogP contribution in [0.2, 0.25) is 0 Å². The van der Waals surface area contributed by atoms with E-state index in [2.05, 4.69) is 16.7 Å². The topological polar surface area (TPSA) is 82.2 Å². The zero-order valence-corrected chi connectivity index (χ0v) is 15.9. The number of carbonyl (C=O) groups excluding carboxylic acids is 1. The fourth-order valence-corrected chi connectivity index (χ4v) is 3.34. The van der Waals surface area contributed by atoms with E-state index >= 15 is 0 Å². The number of benzene rings is 2. The lowest BCUT2D eigenvalue weighted by atomic mass is 10.1. The molecule has 0 bridgehead atoms. The van der Waals surface area contributed by atoms with Gasteiger partial charge in [-0.05, 0) is 67.4 Å². The van der Waals surface area contributed by atoms with Crippen molar-refractivity contribution < 1.29 is 4.79 Å². The number of hydrogen-bond donors (Lipinski definition) is 2. The number of aryl methyl sites for hydroxylation is 2. The molecule has 6 nitrogen and oxygen atoms in total. The lowest BCUT2D eigenvalue weighted by Crippen LogP contribution is -2.05. The molecule has 2 heterocycles. The first-order valence-corrected chi connectivity index (χ1v) is 8.93. The van der Waals surface area contributed by atoms with Crippen molar-refractivity contribution in [1.82, 2.24) is 9.38 Å². The SMILES string of the molecule is CC(=O)Nc1ccc(Nc2cc(C)c(C#N)c3nc4cc(C)ccc4n23)cc1. The van der Waals surface area contributed by atoms with Crippen LogP contribution in [0.15, 0.2) is 48.5 Å². The summed E-state index contributed by atoms with van der Waals surface area (Å²) < 4.78 is 1.97. The minimum Gasteiger partial charge on any atom is -0.341 e. The molecule has 0 saturated carbocycles. The van der Waals surface area contributed by atoms with Crippen LogP contribution in [0.4, 0.5) is 17.2 Å². The van der Waals surface area contributed by atoms with E-state index in [0.29, 0.717) is 11.2 Å². The van der Waals surface area contributed by atoms with Crippen LogP contribution in [-0.4, -0.2) is 15.3 Å². The molecular formula is C22H19N5O. The fraction of sp³-hybridized carbons (Fsp3) is 0.136. The number of nitrogens with zero attached hydrogens (tertiary/aromatic N) is 3. The third-order valence-electron chi connectivity index (χ3n) is 4.61. The lowest BCUT2D eigenvalue weighted by Gasteiger charge is -2.13. The summed E-state index contributed by atoms with van der Waals surface area (Å²) in [6.45, 7) is 5.41. The first-order valence-electron chi connectivity index (χ1n) is 8.93. The number of rotatable bonds is 3. The summed E-state index contributed by atoms with van der Waals surface area (Å²) in [4.78, 5) is 15.9. The Labute approximate surface area is 162 Å². The van der Waals surface area contributed by atoms with Crippen LogP contribution in [0.5, 0.6) is 0 Å². The van der Waals surface area contributed by atoms with Gasteiger partial charge in [0.05, 0.1) is 16.6 Å². The van der Waals surface area contributed by atoms with Crippen LogP contribution in [0.25, 0.3) is 16.7 Å². The number of imidazole rings is 1. The second-order valence-corrected chi connectivity index (χ2v) is 6.85. The maximum absolute atomic E-state index is 11.2. The van der Waals surface area contributed by atoms with Crippen molar-refractivity contribution in [3.63, 3.8) is 0 Å². The Kier molecular flexibility index (Phi) is 4.21. The largest absolute Gasteiger partial charge is 0.341 e. The minimum absolute atomic E-state index is 0.106. The molecule has 0 atom stereocenters. The smallest absolute Gasteiger partial charge is 0.221 e. The highest BCUT2D eigenvalue weighted by Crippen LogP contribution is 2.29. The van der Waals surface area contributed by atoms with Gasteiger partial charge in [0.15, 0.2) is 5.65 Å². The highest BCUT2D eigenvalue weighted by Gasteiger charge is 2.15. The standard InChI is InChI=1S/C22H19N5O/c1-13-4-9-20-19(10-13)26-22-18(12-23)14(2)11-21(27(20)22)25-17-7-5-16(6-8-17)24-15(3)28/h4-11,25H,1-3H3,(H,24,28). The summed E-state index contributed by atoms with van der Waals surface area (Å²) in [5, 5.41) is 15.8. The second kappa shape index (κ2) is 6.71. The van der Waals surface area contributed by atoms with Gasteiger partial charge in [-0.2, -0.15) is 5.26 Å². The third kappa shape index (κ3) is 3.03. The van der Waals surface area contributed by atoms with E-state index in [1.807, 2.05) is 66.8 Å². The number of nitrogens with one attached hydrogen (secondary N) is 2. The summed E-state index contributed by atoms with van der Waals surface area (Å²) in [5.41, 5.74) is 6.59. The van der Waals surface area contributed by atoms with Crippen molar-refractivity contribution >= 4 is 39.8 Å². The molecule has 28 heavy (non-hydrogen) atoms. The Morgan fingerprint density at radius 3 is 2.46 bits per heavy atom.